The highest BCUT2D eigenvalue weighted by atomic mass is 79.9. The molecule has 0 saturated heterocycles. The van der Waals surface area contributed by atoms with Gasteiger partial charge in [-0.1, -0.05) is 22.0 Å². The lowest BCUT2D eigenvalue weighted by Crippen LogP contribution is -2.19. The van der Waals surface area contributed by atoms with Gasteiger partial charge in [-0.15, -0.1) is 0 Å². The Labute approximate surface area is 88.4 Å². The lowest BCUT2D eigenvalue weighted by atomic mass is 10.4. The molecule has 0 aliphatic heterocycles. The van der Waals surface area contributed by atoms with Crippen LogP contribution in [0.5, 0.6) is 0 Å². The third-order valence-electron chi connectivity index (χ3n) is 1.86. The molecule has 0 heterocycles. The molecule has 2 nitrogen and oxygen atoms in total. The molecule has 4 heteroatoms. The second-order valence-electron chi connectivity index (χ2n) is 3.12. The SMILES string of the molecule is O=S(NC1CC1)c1cccc(Br)c1. The number of benzene rings is 1. The predicted octanol–water partition coefficient (Wildman–Crippen LogP) is 2.22. The van der Waals surface area contributed by atoms with E-state index < -0.39 is 11.0 Å². The summed E-state index contributed by atoms with van der Waals surface area (Å²) in [5.41, 5.74) is 0. The second-order valence-corrected chi connectivity index (χ2v) is 5.28. The van der Waals surface area contributed by atoms with Crippen molar-refractivity contribution < 1.29 is 4.21 Å². The molecule has 2 rings (SSSR count). The minimum absolute atomic E-state index is 0.472. The van der Waals surface area contributed by atoms with E-state index in [0.717, 1.165) is 22.2 Å². The molecule has 0 aromatic heterocycles. The van der Waals surface area contributed by atoms with Gasteiger partial charge >= 0.3 is 0 Å². The Bertz CT molecular complexity index is 338. The van der Waals surface area contributed by atoms with Crippen LogP contribution in [-0.2, 0) is 11.0 Å². The summed E-state index contributed by atoms with van der Waals surface area (Å²) in [6.07, 6.45) is 2.31. The predicted molar refractivity (Wildman–Crippen MR) is 56.7 cm³/mol. The molecule has 0 radical (unpaired) electrons. The van der Waals surface area contributed by atoms with E-state index in [1.165, 1.54) is 0 Å². The van der Waals surface area contributed by atoms with Gasteiger partial charge in [0.1, 0.15) is 11.0 Å². The summed E-state index contributed by atoms with van der Waals surface area (Å²) in [5, 5.41) is 0. The summed E-state index contributed by atoms with van der Waals surface area (Å²) < 4.78 is 15.6. The van der Waals surface area contributed by atoms with E-state index in [0.29, 0.717) is 6.04 Å². The highest BCUT2D eigenvalue weighted by Crippen LogP contribution is 2.21. The van der Waals surface area contributed by atoms with Crippen molar-refractivity contribution in [2.45, 2.75) is 23.8 Å². The summed E-state index contributed by atoms with van der Waals surface area (Å²) in [6, 6.07) is 8.05. The van der Waals surface area contributed by atoms with Gasteiger partial charge in [0.05, 0.1) is 4.90 Å². The highest BCUT2D eigenvalue weighted by molar-refractivity contribution is 9.10. The molecule has 0 bridgehead atoms. The van der Waals surface area contributed by atoms with Crippen LogP contribution in [0.1, 0.15) is 12.8 Å². The molecule has 1 aromatic carbocycles. The Hall–Kier alpha value is -0.190. The van der Waals surface area contributed by atoms with Gasteiger partial charge in [0.2, 0.25) is 0 Å². The molecule has 70 valence electrons. The molecule has 1 atom stereocenters. The fourth-order valence-electron chi connectivity index (χ4n) is 1.00. The normalized spacial score (nSPS) is 18.5. The van der Waals surface area contributed by atoms with E-state index in [4.69, 9.17) is 0 Å². The lowest BCUT2D eigenvalue weighted by Gasteiger charge is -2.02. The van der Waals surface area contributed by atoms with Crippen LogP contribution in [0.2, 0.25) is 0 Å². The van der Waals surface area contributed by atoms with Gasteiger partial charge in [0.25, 0.3) is 0 Å². The Morgan fingerprint density at radius 2 is 2.23 bits per heavy atom. The molecule has 13 heavy (non-hydrogen) atoms. The van der Waals surface area contributed by atoms with Gasteiger partial charge in [0.15, 0.2) is 0 Å². The maximum Gasteiger partial charge on any atom is 0.125 e. The van der Waals surface area contributed by atoms with Gasteiger partial charge in [0, 0.05) is 10.5 Å². The van der Waals surface area contributed by atoms with Crippen molar-refractivity contribution in [2.75, 3.05) is 0 Å². The topological polar surface area (TPSA) is 29.1 Å². The third kappa shape index (κ3) is 2.62. The standard InChI is InChI=1S/C9H10BrNOS/c10-7-2-1-3-9(6-7)13(12)11-8-4-5-8/h1-3,6,8,11H,4-5H2. The minimum atomic E-state index is -1.04. The van der Waals surface area contributed by atoms with E-state index >= 15 is 0 Å². The van der Waals surface area contributed by atoms with Crippen LogP contribution in [0.4, 0.5) is 0 Å². The molecular weight excluding hydrogens is 250 g/mol. The van der Waals surface area contributed by atoms with Crippen molar-refractivity contribution >= 4 is 26.9 Å². The number of hydrogen-bond donors (Lipinski definition) is 1. The number of halogens is 1. The Balaban J connectivity index is 2.09. The van der Waals surface area contributed by atoms with E-state index in [2.05, 4.69) is 20.7 Å². The number of rotatable bonds is 3. The van der Waals surface area contributed by atoms with E-state index in [-0.39, 0.29) is 0 Å². The third-order valence-corrected chi connectivity index (χ3v) is 3.58. The molecule has 1 aliphatic carbocycles. The van der Waals surface area contributed by atoms with Crippen LogP contribution < -0.4 is 4.72 Å². The Kier molecular flexibility index (Phi) is 2.81. The van der Waals surface area contributed by atoms with Crippen LogP contribution >= 0.6 is 15.9 Å². The zero-order chi connectivity index (χ0) is 9.26. The summed E-state index contributed by atoms with van der Waals surface area (Å²) in [7, 11) is -1.04. The monoisotopic (exact) mass is 259 g/mol. The average Bonchev–Trinajstić information content (AvgIpc) is 2.88. The van der Waals surface area contributed by atoms with Gasteiger partial charge < -0.3 is 0 Å². The molecule has 1 unspecified atom stereocenters. The van der Waals surface area contributed by atoms with Gasteiger partial charge in [-0.25, -0.2) is 8.93 Å². The van der Waals surface area contributed by atoms with Crippen molar-refractivity contribution in [3.63, 3.8) is 0 Å². The van der Waals surface area contributed by atoms with Crippen molar-refractivity contribution in [3.05, 3.63) is 28.7 Å². The summed E-state index contributed by atoms with van der Waals surface area (Å²) >= 11 is 3.35. The second kappa shape index (κ2) is 3.90. The van der Waals surface area contributed by atoms with Crippen LogP contribution in [-0.4, -0.2) is 10.3 Å². The van der Waals surface area contributed by atoms with Gasteiger partial charge in [-0.3, -0.25) is 0 Å². The quantitative estimate of drug-likeness (QED) is 0.887. The lowest BCUT2D eigenvalue weighted by molar-refractivity contribution is 0.671. The molecule has 1 saturated carbocycles. The fourth-order valence-corrected chi connectivity index (χ4v) is 2.66. The molecule has 1 aliphatic rings. The molecule has 0 amide bonds. The van der Waals surface area contributed by atoms with E-state index in [1.807, 2.05) is 24.3 Å². The fraction of sp³-hybridized carbons (Fsp3) is 0.333. The van der Waals surface area contributed by atoms with Gasteiger partial charge in [-0.2, -0.15) is 0 Å². The van der Waals surface area contributed by atoms with Crippen LogP contribution in [0.3, 0.4) is 0 Å². The van der Waals surface area contributed by atoms with E-state index in [1.54, 1.807) is 0 Å². The molecule has 0 spiro atoms. The highest BCUT2D eigenvalue weighted by Gasteiger charge is 2.23. The Morgan fingerprint density at radius 1 is 1.46 bits per heavy atom. The first-order valence-corrected chi connectivity index (χ1v) is 6.13. The average molecular weight is 260 g/mol. The zero-order valence-corrected chi connectivity index (χ0v) is 9.40. The largest absolute Gasteiger partial charge is 0.237 e. The number of nitrogens with one attached hydrogen (secondary N) is 1. The first-order valence-electron chi connectivity index (χ1n) is 4.19. The maximum atomic E-state index is 11.6. The van der Waals surface area contributed by atoms with Crippen molar-refractivity contribution in [3.8, 4) is 0 Å². The smallest absolute Gasteiger partial charge is 0.125 e. The first-order chi connectivity index (χ1) is 6.25. The maximum absolute atomic E-state index is 11.6. The van der Waals surface area contributed by atoms with E-state index in [9.17, 15) is 4.21 Å². The minimum Gasteiger partial charge on any atom is -0.237 e. The molecular formula is C9H10BrNOS. The summed E-state index contributed by atoms with van der Waals surface area (Å²) in [6.45, 7) is 0. The van der Waals surface area contributed by atoms with Gasteiger partial charge in [-0.05, 0) is 31.0 Å². The van der Waals surface area contributed by atoms with Crippen molar-refractivity contribution in [2.24, 2.45) is 0 Å². The molecule has 1 fully saturated rings. The van der Waals surface area contributed by atoms with Crippen LogP contribution in [0, 0.1) is 0 Å². The Morgan fingerprint density at radius 3 is 2.85 bits per heavy atom. The first kappa shape index (κ1) is 9.37. The molecule has 1 aromatic rings. The summed E-state index contributed by atoms with van der Waals surface area (Å²) in [4.78, 5) is 0.835. The summed E-state index contributed by atoms with van der Waals surface area (Å²) in [5.74, 6) is 0. The van der Waals surface area contributed by atoms with Crippen molar-refractivity contribution in [1.29, 1.82) is 0 Å². The van der Waals surface area contributed by atoms with Crippen molar-refractivity contribution in [1.82, 2.24) is 4.72 Å². The zero-order valence-electron chi connectivity index (χ0n) is 7.00. The number of hydrogen-bond acceptors (Lipinski definition) is 1. The van der Waals surface area contributed by atoms with Crippen LogP contribution in [0.15, 0.2) is 33.6 Å². The molecule has 1 N–H and O–H groups in total. The van der Waals surface area contributed by atoms with Crippen LogP contribution in [0.25, 0.3) is 0 Å².